The number of pyridine rings is 1. The summed E-state index contributed by atoms with van der Waals surface area (Å²) < 4.78 is 11.3. The van der Waals surface area contributed by atoms with Gasteiger partial charge in [-0.1, -0.05) is 24.1 Å². The first-order chi connectivity index (χ1) is 13.9. The molecule has 0 unspecified atom stereocenters. The Morgan fingerprint density at radius 3 is 2.76 bits per heavy atom. The predicted octanol–water partition coefficient (Wildman–Crippen LogP) is 2.19. The fourth-order valence-corrected chi connectivity index (χ4v) is 2.51. The molecule has 1 N–H and O–H groups in total. The van der Waals surface area contributed by atoms with Gasteiger partial charge in [0.05, 0.1) is 19.3 Å². The van der Waals surface area contributed by atoms with Crippen LogP contribution in [0.1, 0.15) is 21.6 Å². The molecule has 0 bridgehead atoms. The lowest BCUT2D eigenvalue weighted by Gasteiger charge is -2.12. The van der Waals surface area contributed by atoms with Crippen LogP contribution in [0.2, 0.25) is 0 Å². The molecule has 1 heterocycles. The van der Waals surface area contributed by atoms with Gasteiger partial charge in [-0.25, -0.2) is 4.79 Å². The van der Waals surface area contributed by atoms with Gasteiger partial charge in [0, 0.05) is 12.7 Å². The number of terminal acetylenes is 1. The maximum absolute atomic E-state index is 12.7. The first kappa shape index (κ1) is 21.5. The molecule has 2 aromatic rings. The maximum atomic E-state index is 12.7. The third-order valence-corrected chi connectivity index (χ3v) is 4.17. The lowest BCUT2D eigenvalue weighted by molar-refractivity contribution is -0.142. The number of carbonyl (C=O) groups is 2. The molecular formula is C22H22N2O5. The lowest BCUT2D eigenvalue weighted by Crippen LogP contribution is -2.27. The van der Waals surface area contributed by atoms with Crippen LogP contribution < -0.4 is 15.6 Å². The van der Waals surface area contributed by atoms with Gasteiger partial charge >= 0.3 is 5.97 Å². The monoisotopic (exact) mass is 394 g/mol. The van der Waals surface area contributed by atoms with E-state index in [1.54, 1.807) is 50.4 Å². The Morgan fingerprint density at radius 2 is 2.07 bits per heavy atom. The summed E-state index contributed by atoms with van der Waals surface area (Å²) in [5.74, 6) is 1.93. The first-order valence-corrected chi connectivity index (χ1v) is 8.77. The molecular weight excluding hydrogens is 372 g/mol. The maximum Gasteiger partial charge on any atom is 0.343 e. The molecule has 0 aliphatic rings. The molecule has 0 fully saturated rings. The zero-order valence-corrected chi connectivity index (χ0v) is 16.5. The number of hydrogen-bond donors (Lipinski definition) is 1. The average molecular weight is 394 g/mol. The van der Waals surface area contributed by atoms with E-state index in [-0.39, 0.29) is 18.7 Å². The van der Waals surface area contributed by atoms with Crippen LogP contribution in [-0.2, 0) is 16.6 Å². The van der Waals surface area contributed by atoms with Crippen molar-refractivity contribution in [2.45, 2.75) is 6.92 Å². The van der Waals surface area contributed by atoms with Crippen molar-refractivity contribution in [3.63, 3.8) is 0 Å². The topological polar surface area (TPSA) is 86.6 Å². The standard InChI is InChI=1S/C22H22N2O5/c1-5-11-23-18-12-15(2)24(3)22(27)21(18)19(25)10-9-16-7-6-8-17(13-16)29-14-20(26)28-4/h1,6-10,12-13,23H,11,14H2,2-4H3. The molecule has 2 rings (SSSR count). The highest BCUT2D eigenvalue weighted by Gasteiger charge is 2.16. The van der Waals surface area contributed by atoms with E-state index in [1.165, 1.54) is 17.8 Å². The molecule has 0 saturated heterocycles. The van der Waals surface area contributed by atoms with Gasteiger partial charge < -0.3 is 19.4 Å². The predicted molar refractivity (Wildman–Crippen MR) is 111 cm³/mol. The Balaban J connectivity index is 2.27. The van der Waals surface area contributed by atoms with Crippen molar-refractivity contribution >= 4 is 23.5 Å². The molecule has 1 aromatic heterocycles. The molecule has 0 amide bonds. The molecule has 0 aliphatic heterocycles. The molecule has 150 valence electrons. The van der Waals surface area contributed by atoms with Gasteiger partial charge in [-0.05, 0) is 36.8 Å². The number of hydrogen-bond acceptors (Lipinski definition) is 6. The van der Waals surface area contributed by atoms with Crippen LogP contribution in [0.4, 0.5) is 5.69 Å². The minimum absolute atomic E-state index is 0.0164. The number of aryl methyl sites for hydroxylation is 1. The zero-order valence-electron chi connectivity index (χ0n) is 16.5. The Morgan fingerprint density at radius 1 is 1.31 bits per heavy atom. The number of nitrogens with zero attached hydrogens (tertiary/aromatic N) is 1. The number of aromatic nitrogens is 1. The Hall–Kier alpha value is -3.79. The van der Waals surface area contributed by atoms with Gasteiger partial charge in [-0.2, -0.15) is 0 Å². The highest BCUT2D eigenvalue weighted by atomic mass is 16.6. The Bertz CT molecular complexity index is 1040. The second-order valence-corrected chi connectivity index (χ2v) is 6.13. The van der Waals surface area contributed by atoms with Gasteiger partial charge in [0.1, 0.15) is 11.3 Å². The number of benzene rings is 1. The van der Waals surface area contributed by atoms with Gasteiger partial charge in [0.25, 0.3) is 5.56 Å². The number of nitrogens with one attached hydrogen (secondary N) is 1. The van der Waals surface area contributed by atoms with Crippen LogP contribution in [0, 0.1) is 19.3 Å². The first-order valence-electron chi connectivity index (χ1n) is 8.77. The fraction of sp³-hybridized carbons (Fsp3) is 0.227. The fourth-order valence-electron chi connectivity index (χ4n) is 2.51. The average Bonchev–Trinajstić information content (AvgIpc) is 2.72. The van der Waals surface area contributed by atoms with Gasteiger partial charge in [0.2, 0.25) is 0 Å². The van der Waals surface area contributed by atoms with Crippen LogP contribution in [0.5, 0.6) is 5.75 Å². The summed E-state index contributed by atoms with van der Waals surface area (Å²) in [4.78, 5) is 36.5. The van der Waals surface area contributed by atoms with Crippen LogP contribution >= 0.6 is 0 Å². The molecule has 29 heavy (non-hydrogen) atoms. The van der Waals surface area contributed by atoms with Crippen molar-refractivity contribution in [1.29, 1.82) is 0 Å². The molecule has 7 nitrogen and oxygen atoms in total. The van der Waals surface area contributed by atoms with Crippen molar-refractivity contribution in [2.75, 3.05) is 25.6 Å². The molecule has 0 radical (unpaired) electrons. The van der Waals surface area contributed by atoms with Crippen molar-refractivity contribution < 1.29 is 19.1 Å². The van der Waals surface area contributed by atoms with E-state index < -0.39 is 17.3 Å². The van der Waals surface area contributed by atoms with Crippen molar-refractivity contribution in [1.82, 2.24) is 4.57 Å². The van der Waals surface area contributed by atoms with Gasteiger partial charge in [-0.3, -0.25) is 9.59 Å². The number of esters is 1. The molecule has 7 heteroatoms. The summed E-state index contributed by atoms with van der Waals surface area (Å²) >= 11 is 0. The smallest absolute Gasteiger partial charge is 0.343 e. The summed E-state index contributed by atoms with van der Waals surface area (Å²) in [7, 11) is 2.88. The largest absolute Gasteiger partial charge is 0.482 e. The number of anilines is 1. The van der Waals surface area contributed by atoms with Gasteiger partial charge in [-0.15, -0.1) is 6.42 Å². The quantitative estimate of drug-likeness (QED) is 0.320. The Kier molecular flexibility index (Phi) is 7.38. The third kappa shape index (κ3) is 5.59. The van der Waals surface area contributed by atoms with E-state index in [2.05, 4.69) is 16.0 Å². The van der Waals surface area contributed by atoms with Crippen LogP contribution in [-0.4, -0.2) is 36.6 Å². The van der Waals surface area contributed by atoms with Gasteiger partial charge in [0.15, 0.2) is 12.4 Å². The summed E-state index contributed by atoms with van der Waals surface area (Å²) in [5.41, 5.74) is 1.37. The van der Waals surface area contributed by atoms with E-state index in [0.29, 0.717) is 22.7 Å². The summed E-state index contributed by atoms with van der Waals surface area (Å²) in [6, 6.07) is 8.54. The molecule has 0 aliphatic carbocycles. The van der Waals surface area contributed by atoms with Crippen molar-refractivity contribution in [2.24, 2.45) is 7.05 Å². The lowest BCUT2D eigenvalue weighted by atomic mass is 10.1. The second kappa shape index (κ2) is 9.95. The number of carbonyl (C=O) groups excluding carboxylic acids is 2. The SMILES string of the molecule is C#CCNc1cc(C)n(C)c(=O)c1C(=O)C=Cc1cccc(OCC(=O)OC)c1. The molecule has 0 spiro atoms. The van der Waals surface area contributed by atoms with E-state index in [1.807, 2.05) is 0 Å². The zero-order chi connectivity index (χ0) is 21.4. The summed E-state index contributed by atoms with van der Waals surface area (Å²) in [6.45, 7) is 1.74. The number of ketones is 1. The molecule has 0 saturated carbocycles. The normalized spacial score (nSPS) is 10.4. The van der Waals surface area contributed by atoms with E-state index in [4.69, 9.17) is 11.2 Å². The van der Waals surface area contributed by atoms with Crippen LogP contribution in [0.25, 0.3) is 6.08 Å². The van der Waals surface area contributed by atoms with E-state index in [0.717, 1.165) is 0 Å². The number of methoxy groups -OCH3 is 1. The number of ether oxygens (including phenoxy) is 2. The Labute approximate surface area is 169 Å². The second-order valence-electron chi connectivity index (χ2n) is 6.13. The van der Waals surface area contributed by atoms with Crippen LogP contribution in [0.3, 0.4) is 0 Å². The number of rotatable bonds is 8. The summed E-state index contributed by atoms with van der Waals surface area (Å²) in [5, 5.41) is 2.92. The van der Waals surface area contributed by atoms with Crippen molar-refractivity contribution in [3.05, 3.63) is 63.6 Å². The van der Waals surface area contributed by atoms with E-state index >= 15 is 0 Å². The highest BCUT2D eigenvalue weighted by Crippen LogP contribution is 2.17. The molecule has 1 aromatic carbocycles. The molecule has 0 atom stereocenters. The minimum atomic E-state index is -0.497. The highest BCUT2D eigenvalue weighted by molar-refractivity contribution is 6.10. The number of allylic oxidation sites excluding steroid dienone is 1. The third-order valence-electron chi connectivity index (χ3n) is 4.17. The summed E-state index contributed by atoms with van der Waals surface area (Å²) in [6.07, 6.45) is 8.15. The van der Waals surface area contributed by atoms with Crippen molar-refractivity contribution in [3.8, 4) is 18.1 Å². The van der Waals surface area contributed by atoms with E-state index in [9.17, 15) is 14.4 Å². The minimum Gasteiger partial charge on any atom is -0.482 e. The van der Waals surface area contributed by atoms with Crippen LogP contribution in [0.15, 0.2) is 41.2 Å².